The van der Waals surface area contributed by atoms with Gasteiger partial charge in [-0.05, 0) is 37.6 Å². The van der Waals surface area contributed by atoms with Crippen LogP contribution in [0.4, 0.5) is 0 Å². The van der Waals surface area contributed by atoms with E-state index < -0.39 is 0 Å². The van der Waals surface area contributed by atoms with Crippen molar-refractivity contribution in [2.24, 2.45) is 17.6 Å². The van der Waals surface area contributed by atoms with Gasteiger partial charge in [0, 0.05) is 19.1 Å². The maximum absolute atomic E-state index is 6.10. The standard InChI is InChI=1S/C12H26N2/c1-4-7-14(8-11-5-6-11)9-12(13)10(2)3/h10-12H,4-9,13H2,1-3H3. The SMILES string of the molecule is CCCN(CC1CC1)CC(N)C(C)C. The van der Waals surface area contributed by atoms with Crippen molar-refractivity contribution in [1.29, 1.82) is 0 Å². The van der Waals surface area contributed by atoms with Gasteiger partial charge in [-0.15, -0.1) is 0 Å². The van der Waals surface area contributed by atoms with Crippen LogP contribution in [0.5, 0.6) is 0 Å². The summed E-state index contributed by atoms with van der Waals surface area (Å²) in [7, 11) is 0. The number of nitrogens with zero attached hydrogens (tertiary/aromatic N) is 1. The fourth-order valence-electron chi connectivity index (χ4n) is 1.75. The molecule has 2 N–H and O–H groups in total. The van der Waals surface area contributed by atoms with E-state index in [1.54, 1.807) is 0 Å². The second-order valence-electron chi connectivity index (χ2n) is 5.11. The van der Waals surface area contributed by atoms with Crippen LogP contribution in [0.25, 0.3) is 0 Å². The van der Waals surface area contributed by atoms with E-state index in [0.717, 1.165) is 12.5 Å². The van der Waals surface area contributed by atoms with E-state index >= 15 is 0 Å². The molecular weight excluding hydrogens is 172 g/mol. The van der Waals surface area contributed by atoms with Gasteiger partial charge in [-0.25, -0.2) is 0 Å². The molecule has 0 amide bonds. The summed E-state index contributed by atoms with van der Waals surface area (Å²) in [6.45, 7) is 10.3. The van der Waals surface area contributed by atoms with Gasteiger partial charge >= 0.3 is 0 Å². The van der Waals surface area contributed by atoms with Gasteiger partial charge in [-0.1, -0.05) is 20.8 Å². The van der Waals surface area contributed by atoms with Gasteiger partial charge in [0.05, 0.1) is 0 Å². The van der Waals surface area contributed by atoms with Crippen molar-refractivity contribution in [3.8, 4) is 0 Å². The summed E-state index contributed by atoms with van der Waals surface area (Å²) >= 11 is 0. The molecule has 1 aliphatic rings. The Labute approximate surface area is 88.8 Å². The highest BCUT2D eigenvalue weighted by atomic mass is 15.1. The van der Waals surface area contributed by atoms with E-state index in [1.807, 2.05) is 0 Å². The molecule has 0 aliphatic heterocycles. The molecule has 0 spiro atoms. The maximum Gasteiger partial charge on any atom is 0.0191 e. The first-order valence-corrected chi connectivity index (χ1v) is 6.11. The first-order chi connectivity index (χ1) is 6.63. The second kappa shape index (κ2) is 5.72. The van der Waals surface area contributed by atoms with Gasteiger partial charge < -0.3 is 10.6 Å². The lowest BCUT2D eigenvalue weighted by Crippen LogP contribution is -2.41. The Hall–Kier alpha value is -0.0800. The molecule has 1 aliphatic carbocycles. The molecule has 1 rings (SSSR count). The van der Waals surface area contributed by atoms with E-state index in [2.05, 4.69) is 25.7 Å². The van der Waals surface area contributed by atoms with Crippen molar-refractivity contribution < 1.29 is 0 Å². The highest BCUT2D eigenvalue weighted by Crippen LogP contribution is 2.29. The Morgan fingerprint density at radius 2 is 2.00 bits per heavy atom. The van der Waals surface area contributed by atoms with Crippen LogP contribution in [0.15, 0.2) is 0 Å². The number of hydrogen-bond acceptors (Lipinski definition) is 2. The zero-order valence-corrected chi connectivity index (χ0v) is 10.00. The molecule has 1 saturated carbocycles. The monoisotopic (exact) mass is 198 g/mol. The summed E-state index contributed by atoms with van der Waals surface area (Å²) in [6, 6.07) is 0.347. The minimum absolute atomic E-state index is 0.347. The van der Waals surface area contributed by atoms with Crippen molar-refractivity contribution in [3.63, 3.8) is 0 Å². The summed E-state index contributed by atoms with van der Waals surface area (Å²) in [5.74, 6) is 1.59. The fraction of sp³-hybridized carbons (Fsp3) is 1.00. The van der Waals surface area contributed by atoms with Crippen LogP contribution in [0, 0.1) is 11.8 Å². The molecule has 2 nitrogen and oxygen atoms in total. The molecule has 0 saturated heterocycles. The Morgan fingerprint density at radius 3 is 2.43 bits per heavy atom. The zero-order chi connectivity index (χ0) is 10.6. The molecule has 0 radical (unpaired) electrons. The van der Waals surface area contributed by atoms with Gasteiger partial charge in [0.25, 0.3) is 0 Å². The quantitative estimate of drug-likeness (QED) is 0.679. The summed E-state index contributed by atoms with van der Waals surface area (Å²) in [5, 5.41) is 0. The van der Waals surface area contributed by atoms with E-state index in [-0.39, 0.29) is 0 Å². The summed E-state index contributed by atoms with van der Waals surface area (Å²) in [4.78, 5) is 2.56. The number of hydrogen-bond donors (Lipinski definition) is 1. The second-order valence-corrected chi connectivity index (χ2v) is 5.11. The predicted molar refractivity (Wildman–Crippen MR) is 62.3 cm³/mol. The third kappa shape index (κ3) is 4.43. The van der Waals surface area contributed by atoms with Gasteiger partial charge in [0.2, 0.25) is 0 Å². The summed E-state index contributed by atoms with van der Waals surface area (Å²) in [6.07, 6.45) is 4.13. The molecule has 1 unspecified atom stereocenters. The summed E-state index contributed by atoms with van der Waals surface area (Å²) in [5.41, 5.74) is 6.10. The van der Waals surface area contributed by atoms with Crippen LogP contribution in [-0.4, -0.2) is 30.6 Å². The van der Waals surface area contributed by atoms with Crippen molar-refractivity contribution in [3.05, 3.63) is 0 Å². The summed E-state index contributed by atoms with van der Waals surface area (Å²) < 4.78 is 0. The highest BCUT2D eigenvalue weighted by Gasteiger charge is 2.24. The molecule has 0 heterocycles. The van der Waals surface area contributed by atoms with Gasteiger partial charge in [0.15, 0.2) is 0 Å². The predicted octanol–water partition coefficient (Wildman–Crippen LogP) is 2.09. The molecule has 1 fully saturated rings. The Kier molecular flexibility index (Phi) is 4.90. The van der Waals surface area contributed by atoms with E-state index in [1.165, 1.54) is 32.4 Å². The highest BCUT2D eigenvalue weighted by molar-refractivity contribution is 4.79. The molecule has 0 aromatic rings. The molecule has 2 heteroatoms. The molecule has 0 aromatic heterocycles. The van der Waals surface area contributed by atoms with Crippen LogP contribution in [0.3, 0.4) is 0 Å². The minimum atomic E-state index is 0.347. The Morgan fingerprint density at radius 1 is 1.36 bits per heavy atom. The average molecular weight is 198 g/mol. The maximum atomic E-state index is 6.10. The largest absolute Gasteiger partial charge is 0.326 e. The Bertz CT molecular complexity index is 152. The van der Waals surface area contributed by atoms with Crippen LogP contribution in [0.2, 0.25) is 0 Å². The number of rotatable bonds is 7. The lowest BCUT2D eigenvalue weighted by atomic mass is 10.0. The van der Waals surface area contributed by atoms with Crippen LogP contribution in [-0.2, 0) is 0 Å². The van der Waals surface area contributed by atoms with Crippen molar-refractivity contribution in [2.75, 3.05) is 19.6 Å². The lowest BCUT2D eigenvalue weighted by molar-refractivity contribution is 0.229. The zero-order valence-electron chi connectivity index (χ0n) is 10.00. The molecule has 0 bridgehead atoms. The van der Waals surface area contributed by atoms with Crippen molar-refractivity contribution >= 4 is 0 Å². The normalized spacial score (nSPS) is 19.3. The minimum Gasteiger partial charge on any atom is -0.326 e. The third-order valence-electron chi connectivity index (χ3n) is 3.08. The Balaban J connectivity index is 2.25. The van der Waals surface area contributed by atoms with E-state index in [4.69, 9.17) is 5.73 Å². The van der Waals surface area contributed by atoms with Crippen molar-refractivity contribution in [1.82, 2.24) is 4.90 Å². The van der Waals surface area contributed by atoms with Gasteiger partial charge in [-0.2, -0.15) is 0 Å². The lowest BCUT2D eigenvalue weighted by Gasteiger charge is -2.27. The molecular formula is C12H26N2. The van der Waals surface area contributed by atoms with Gasteiger partial charge in [-0.3, -0.25) is 0 Å². The van der Waals surface area contributed by atoms with Crippen molar-refractivity contribution in [2.45, 2.75) is 46.1 Å². The van der Waals surface area contributed by atoms with E-state index in [9.17, 15) is 0 Å². The first-order valence-electron chi connectivity index (χ1n) is 6.11. The molecule has 84 valence electrons. The topological polar surface area (TPSA) is 29.3 Å². The molecule has 14 heavy (non-hydrogen) atoms. The van der Waals surface area contributed by atoms with Crippen LogP contribution >= 0.6 is 0 Å². The van der Waals surface area contributed by atoms with Gasteiger partial charge in [0.1, 0.15) is 0 Å². The third-order valence-corrected chi connectivity index (χ3v) is 3.08. The smallest absolute Gasteiger partial charge is 0.0191 e. The van der Waals surface area contributed by atoms with Crippen LogP contribution in [0.1, 0.15) is 40.0 Å². The van der Waals surface area contributed by atoms with E-state index in [0.29, 0.717) is 12.0 Å². The average Bonchev–Trinajstić information content (AvgIpc) is 2.88. The first kappa shape index (κ1) is 12.0. The number of nitrogens with two attached hydrogens (primary N) is 1. The molecule has 1 atom stereocenters. The fourth-order valence-corrected chi connectivity index (χ4v) is 1.75. The molecule has 0 aromatic carbocycles. The van der Waals surface area contributed by atoms with Crippen LogP contribution < -0.4 is 5.73 Å².